The minimum Gasteiger partial charge on any atom is -0.229 e. The summed E-state index contributed by atoms with van der Waals surface area (Å²) in [6.45, 7) is 0.0577. The van der Waals surface area contributed by atoms with Crippen molar-refractivity contribution in [2.45, 2.75) is 29.2 Å². The third-order valence-electron chi connectivity index (χ3n) is 3.83. The van der Waals surface area contributed by atoms with E-state index in [2.05, 4.69) is 0 Å². The van der Waals surface area contributed by atoms with Crippen molar-refractivity contribution >= 4 is 19.9 Å². The Bertz CT molecular complexity index is 762. The lowest BCUT2D eigenvalue weighted by molar-refractivity contribution is -0.137. The summed E-state index contributed by atoms with van der Waals surface area (Å²) >= 11 is 0. The normalized spacial score (nSPS) is 19.0. The molecule has 1 heterocycles. The van der Waals surface area contributed by atoms with Gasteiger partial charge in [0.2, 0.25) is 10.0 Å². The highest BCUT2D eigenvalue weighted by atomic mass is 32.2. The SMILES string of the molecule is CS(=O)(=O)C1CCN(S(=O)(=O)c2ccc(C(F)(F)F)cc2)CC1. The summed E-state index contributed by atoms with van der Waals surface area (Å²) in [6, 6.07) is 3.27. The van der Waals surface area contributed by atoms with Gasteiger partial charge < -0.3 is 0 Å². The molecule has 5 nitrogen and oxygen atoms in total. The minimum absolute atomic E-state index is 0.0289. The molecule has 1 aliphatic rings. The topological polar surface area (TPSA) is 71.5 Å². The van der Waals surface area contributed by atoms with Crippen LogP contribution in [-0.4, -0.2) is 45.7 Å². The van der Waals surface area contributed by atoms with Gasteiger partial charge >= 0.3 is 6.18 Å². The quantitative estimate of drug-likeness (QED) is 0.814. The highest BCUT2D eigenvalue weighted by Gasteiger charge is 2.34. The van der Waals surface area contributed by atoms with E-state index in [-0.39, 0.29) is 30.8 Å². The van der Waals surface area contributed by atoms with Crippen LogP contribution < -0.4 is 0 Å². The zero-order chi connectivity index (χ0) is 17.5. The van der Waals surface area contributed by atoms with E-state index in [1.165, 1.54) is 0 Å². The van der Waals surface area contributed by atoms with Gasteiger partial charge in [-0.3, -0.25) is 0 Å². The molecule has 1 saturated heterocycles. The highest BCUT2D eigenvalue weighted by molar-refractivity contribution is 7.91. The van der Waals surface area contributed by atoms with Gasteiger partial charge in [-0.25, -0.2) is 16.8 Å². The van der Waals surface area contributed by atoms with E-state index in [1.807, 2.05) is 0 Å². The first-order valence-corrected chi connectivity index (χ1v) is 10.2. The molecule has 0 radical (unpaired) electrons. The molecule has 2 rings (SSSR count). The van der Waals surface area contributed by atoms with Gasteiger partial charge in [-0.15, -0.1) is 0 Å². The average molecular weight is 371 g/mol. The minimum atomic E-state index is -4.53. The molecule has 0 aliphatic carbocycles. The zero-order valence-corrected chi connectivity index (χ0v) is 13.9. The predicted octanol–water partition coefficient (Wildman–Crippen LogP) is 1.90. The molecular formula is C13H16F3NO4S2. The van der Waals surface area contributed by atoms with Gasteiger partial charge in [0.15, 0.2) is 0 Å². The highest BCUT2D eigenvalue weighted by Crippen LogP contribution is 2.30. The maximum Gasteiger partial charge on any atom is 0.416 e. The van der Waals surface area contributed by atoms with Gasteiger partial charge in [0.05, 0.1) is 15.7 Å². The first-order chi connectivity index (χ1) is 10.4. The maximum absolute atomic E-state index is 12.5. The van der Waals surface area contributed by atoms with Crippen LogP contribution in [0.1, 0.15) is 18.4 Å². The fourth-order valence-electron chi connectivity index (χ4n) is 2.47. The number of alkyl halides is 3. The van der Waals surface area contributed by atoms with E-state index < -0.39 is 36.9 Å². The smallest absolute Gasteiger partial charge is 0.229 e. The van der Waals surface area contributed by atoms with Crippen molar-refractivity contribution in [2.24, 2.45) is 0 Å². The number of hydrogen-bond donors (Lipinski definition) is 0. The lowest BCUT2D eigenvalue weighted by Crippen LogP contribution is -2.42. The average Bonchev–Trinajstić information content (AvgIpc) is 2.46. The van der Waals surface area contributed by atoms with Gasteiger partial charge in [0, 0.05) is 19.3 Å². The lowest BCUT2D eigenvalue weighted by Gasteiger charge is -2.30. The van der Waals surface area contributed by atoms with E-state index in [0.29, 0.717) is 0 Å². The first-order valence-electron chi connectivity index (χ1n) is 6.78. The third-order valence-corrected chi connectivity index (χ3v) is 7.42. The predicted molar refractivity (Wildman–Crippen MR) is 78.1 cm³/mol. The van der Waals surface area contributed by atoms with Gasteiger partial charge in [-0.05, 0) is 37.1 Å². The molecule has 1 aromatic rings. The van der Waals surface area contributed by atoms with Crippen molar-refractivity contribution in [3.63, 3.8) is 0 Å². The Morgan fingerprint density at radius 3 is 1.87 bits per heavy atom. The lowest BCUT2D eigenvalue weighted by atomic mass is 10.2. The van der Waals surface area contributed by atoms with Gasteiger partial charge in [-0.2, -0.15) is 17.5 Å². The molecule has 0 aromatic heterocycles. The van der Waals surface area contributed by atoms with Crippen LogP contribution in [0.4, 0.5) is 13.2 Å². The molecule has 1 aliphatic heterocycles. The van der Waals surface area contributed by atoms with E-state index in [9.17, 15) is 30.0 Å². The standard InChI is InChI=1S/C13H16F3NO4S2/c1-22(18,19)11-6-8-17(9-7-11)23(20,21)12-4-2-10(3-5-12)13(14,15)16/h2-5,11H,6-9H2,1H3. The molecule has 23 heavy (non-hydrogen) atoms. The van der Waals surface area contributed by atoms with Crippen LogP contribution in [0.5, 0.6) is 0 Å². The van der Waals surface area contributed by atoms with E-state index in [0.717, 1.165) is 34.8 Å². The summed E-state index contributed by atoms with van der Waals surface area (Å²) in [5, 5.41) is -0.582. The van der Waals surface area contributed by atoms with E-state index in [4.69, 9.17) is 0 Å². The number of piperidine rings is 1. The molecule has 0 bridgehead atoms. The maximum atomic E-state index is 12.5. The number of hydrogen-bond acceptors (Lipinski definition) is 4. The van der Waals surface area contributed by atoms with Crippen LogP contribution in [0.3, 0.4) is 0 Å². The van der Waals surface area contributed by atoms with Gasteiger partial charge in [0.1, 0.15) is 9.84 Å². The number of rotatable bonds is 3. The van der Waals surface area contributed by atoms with Crippen molar-refractivity contribution in [3.05, 3.63) is 29.8 Å². The molecule has 0 unspecified atom stereocenters. The fourth-order valence-corrected chi connectivity index (χ4v) is 5.00. The Hall–Kier alpha value is -1.13. The number of sulfonamides is 1. The molecule has 0 spiro atoms. The van der Waals surface area contributed by atoms with Crippen LogP contribution >= 0.6 is 0 Å². The summed E-state index contributed by atoms with van der Waals surface area (Å²) in [6.07, 6.45) is -3.06. The van der Waals surface area contributed by atoms with Crippen LogP contribution in [0.25, 0.3) is 0 Å². The van der Waals surface area contributed by atoms with E-state index in [1.54, 1.807) is 0 Å². The van der Waals surface area contributed by atoms with Crippen molar-refractivity contribution in [3.8, 4) is 0 Å². The summed E-state index contributed by atoms with van der Waals surface area (Å²) in [7, 11) is -7.15. The molecule has 10 heteroatoms. The third kappa shape index (κ3) is 4.04. The fraction of sp³-hybridized carbons (Fsp3) is 0.538. The van der Waals surface area contributed by atoms with Crippen molar-refractivity contribution in [1.82, 2.24) is 4.31 Å². The first kappa shape index (κ1) is 18.2. The van der Waals surface area contributed by atoms with Crippen molar-refractivity contribution < 1.29 is 30.0 Å². The van der Waals surface area contributed by atoms with Crippen LogP contribution in [0, 0.1) is 0 Å². The molecule has 1 fully saturated rings. The van der Waals surface area contributed by atoms with Crippen LogP contribution in [-0.2, 0) is 26.0 Å². The number of nitrogens with zero attached hydrogens (tertiary/aromatic N) is 1. The second-order valence-electron chi connectivity index (χ2n) is 5.46. The monoisotopic (exact) mass is 371 g/mol. The molecular weight excluding hydrogens is 355 g/mol. The summed E-state index contributed by atoms with van der Waals surface area (Å²) in [4.78, 5) is -0.233. The summed E-state index contributed by atoms with van der Waals surface area (Å²) in [5.41, 5.74) is -0.924. The van der Waals surface area contributed by atoms with Crippen LogP contribution in [0.15, 0.2) is 29.2 Å². The molecule has 0 N–H and O–H groups in total. The summed E-state index contributed by atoms with van der Waals surface area (Å²) in [5.74, 6) is 0. The molecule has 0 amide bonds. The number of benzene rings is 1. The number of sulfone groups is 1. The Kier molecular flexibility index (Phi) is 4.80. The second kappa shape index (κ2) is 6.06. The molecule has 0 saturated carbocycles. The Morgan fingerprint density at radius 1 is 1.00 bits per heavy atom. The Balaban J connectivity index is 2.17. The largest absolute Gasteiger partial charge is 0.416 e. The Labute approximate surface area is 133 Å². The zero-order valence-electron chi connectivity index (χ0n) is 12.2. The van der Waals surface area contributed by atoms with Crippen molar-refractivity contribution in [1.29, 1.82) is 0 Å². The Morgan fingerprint density at radius 2 is 1.48 bits per heavy atom. The van der Waals surface area contributed by atoms with Crippen molar-refractivity contribution in [2.75, 3.05) is 19.3 Å². The molecule has 1 aromatic carbocycles. The van der Waals surface area contributed by atoms with Gasteiger partial charge in [0.25, 0.3) is 0 Å². The van der Waals surface area contributed by atoms with Crippen LogP contribution in [0.2, 0.25) is 0 Å². The number of halogens is 3. The second-order valence-corrected chi connectivity index (χ2v) is 9.72. The summed E-state index contributed by atoms with van der Waals surface area (Å²) < 4.78 is 86.4. The van der Waals surface area contributed by atoms with Gasteiger partial charge in [-0.1, -0.05) is 0 Å². The molecule has 0 atom stereocenters. The van der Waals surface area contributed by atoms with E-state index >= 15 is 0 Å². The molecule has 130 valence electrons.